The molecule has 1 fully saturated rings. The number of benzene rings is 1. The summed E-state index contributed by atoms with van der Waals surface area (Å²) >= 11 is 1.98. The van der Waals surface area contributed by atoms with Crippen molar-refractivity contribution in [2.24, 2.45) is 0 Å². The number of hydrogen-bond acceptors (Lipinski definition) is 3. The molecular formula is C14H20N2OS. The molecule has 0 saturated carbocycles. The number of rotatable bonds is 4. The van der Waals surface area contributed by atoms with Crippen molar-refractivity contribution in [1.29, 1.82) is 0 Å². The Morgan fingerprint density at radius 2 is 2.22 bits per heavy atom. The van der Waals surface area contributed by atoms with Crippen LogP contribution in [0, 0.1) is 0 Å². The van der Waals surface area contributed by atoms with E-state index in [0.717, 1.165) is 12.1 Å². The summed E-state index contributed by atoms with van der Waals surface area (Å²) < 4.78 is 0. The van der Waals surface area contributed by atoms with Crippen LogP contribution in [0.5, 0.6) is 0 Å². The molecule has 1 aliphatic heterocycles. The standard InChI is InChI=1S/C14H20N2OS/c15-13-7-2-1-5-11(13)9-14(17)16-10-12-6-3-4-8-18-12/h1-2,5,7,12H,3-4,6,8-10,15H2,(H,16,17). The van der Waals surface area contributed by atoms with Gasteiger partial charge < -0.3 is 11.1 Å². The summed E-state index contributed by atoms with van der Waals surface area (Å²) in [4.78, 5) is 11.8. The maximum atomic E-state index is 11.8. The molecule has 18 heavy (non-hydrogen) atoms. The minimum atomic E-state index is 0.0686. The van der Waals surface area contributed by atoms with Gasteiger partial charge >= 0.3 is 0 Å². The molecule has 1 amide bonds. The van der Waals surface area contributed by atoms with Crippen molar-refractivity contribution in [3.63, 3.8) is 0 Å². The third-order valence-electron chi connectivity index (χ3n) is 3.21. The Morgan fingerprint density at radius 3 is 2.94 bits per heavy atom. The summed E-state index contributed by atoms with van der Waals surface area (Å²) in [5, 5.41) is 3.61. The van der Waals surface area contributed by atoms with Gasteiger partial charge in [-0.05, 0) is 30.2 Å². The SMILES string of the molecule is Nc1ccccc1CC(=O)NCC1CCCCS1. The number of carbonyl (C=O) groups excluding carboxylic acids is 1. The first-order valence-corrected chi connectivity index (χ1v) is 7.52. The van der Waals surface area contributed by atoms with Gasteiger partial charge in [0.2, 0.25) is 5.91 Å². The Hall–Kier alpha value is -1.16. The third-order valence-corrected chi connectivity index (χ3v) is 4.61. The van der Waals surface area contributed by atoms with Gasteiger partial charge in [-0.25, -0.2) is 0 Å². The van der Waals surface area contributed by atoms with Crippen molar-refractivity contribution in [3.05, 3.63) is 29.8 Å². The lowest BCUT2D eigenvalue weighted by molar-refractivity contribution is -0.120. The van der Waals surface area contributed by atoms with Crippen molar-refractivity contribution >= 4 is 23.4 Å². The van der Waals surface area contributed by atoms with Crippen LogP contribution >= 0.6 is 11.8 Å². The molecule has 0 radical (unpaired) electrons. The number of anilines is 1. The number of para-hydroxylation sites is 1. The topological polar surface area (TPSA) is 55.1 Å². The average Bonchev–Trinajstić information content (AvgIpc) is 2.40. The van der Waals surface area contributed by atoms with Crippen LogP contribution in [0.3, 0.4) is 0 Å². The molecule has 1 aromatic rings. The average molecular weight is 264 g/mol. The first-order valence-electron chi connectivity index (χ1n) is 6.47. The van der Waals surface area contributed by atoms with Gasteiger partial charge in [-0.2, -0.15) is 11.8 Å². The highest BCUT2D eigenvalue weighted by atomic mass is 32.2. The Kier molecular flexibility index (Phi) is 4.93. The largest absolute Gasteiger partial charge is 0.398 e. The molecule has 0 spiro atoms. The van der Waals surface area contributed by atoms with Crippen LogP contribution in [0.2, 0.25) is 0 Å². The highest BCUT2D eigenvalue weighted by Crippen LogP contribution is 2.24. The molecule has 0 aliphatic carbocycles. The Bertz CT molecular complexity index is 403. The summed E-state index contributed by atoms with van der Waals surface area (Å²) in [5.41, 5.74) is 7.43. The van der Waals surface area contributed by atoms with Gasteiger partial charge in [-0.3, -0.25) is 4.79 Å². The normalized spacial score (nSPS) is 19.4. The fourth-order valence-electron chi connectivity index (χ4n) is 2.13. The minimum absolute atomic E-state index is 0.0686. The molecule has 0 bridgehead atoms. The lowest BCUT2D eigenvalue weighted by Gasteiger charge is -2.21. The molecule has 98 valence electrons. The molecule has 1 aliphatic rings. The number of carbonyl (C=O) groups is 1. The van der Waals surface area contributed by atoms with E-state index in [0.29, 0.717) is 17.4 Å². The fraction of sp³-hybridized carbons (Fsp3) is 0.500. The predicted octanol–water partition coefficient (Wildman–Crippen LogP) is 2.21. The van der Waals surface area contributed by atoms with E-state index < -0.39 is 0 Å². The van der Waals surface area contributed by atoms with Gasteiger partial charge in [0, 0.05) is 17.5 Å². The van der Waals surface area contributed by atoms with Gasteiger partial charge in [0.05, 0.1) is 6.42 Å². The Balaban J connectivity index is 1.76. The molecule has 4 heteroatoms. The van der Waals surface area contributed by atoms with E-state index in [4.69, 9.17) is 5.73 Å². The lowest BCUT2D eigenvalue weighted by atomic mass is 10.1. The van der Waals surface area contributed by atoms with Crippen LogP contribution in [0.15, 0.2) is 24.3 Å². The number of nitrogen functional groups attached to an aromatic ring is 1. The van der Waals surface area contributed by atoms with Crippen LogP contribution in [0.25, 0.3) is 0 Å². The van der Waals surface area contributed by atoms with E-state index in [1.165, 1.54) is 25.0 Å². The Morgan fingerprint density at radius 1 is 1.39 bits per heavy atom. The predicted molar refractivity (Wildman–Crippen MR) is 77.7 cm³/mol. The maximum absolute atomic E-state index is 11.8. The third kappa shape index (κ3) is 3.95. The molecule has 2 rings (SSSR count). The van der Waals surface area contributed by atoms with E-state index in [1.54, 1.807) is 0 Å². The number of hydrogen-bond donors (Lipinski definition) is 2. The maximum Gasteiger partial charge on any atom is 0.224 e. The smallest absolute Gasteiger partial charge is 0.224 e. The molecule has 0 aromatic heterocycles. The monoisotopic (exact) mass is 264 g/mol. The summed E-state index contributed by atoms with van der Waals surface area (Å²) in [7, 11) is 0. The fourth-order valence-corrected chi connectivity index (χ4v) is 3.37. The van der Waals surface area contributed by atoms with Crippen LogP contribution in [-0.2, 0) is 11.2 Å². The van der Waals surface area contributed by atoms with Gasteiger partial charge in [0.15, 0.2) is 0 Å². The van der Waals surface area contributed by atoms with Crippen LogP contribution in [0.4, 0.5) is 5.69 Å². The molecule has 1 aromatic carbocycles. The number of thioether (sulfide) groups is 1. The number of nitrogens with one attached hydrogen (secondary N) is 1. The molecule has 1 atom stereocenters. The van der Waals surface area contributed by atoms with Crippen LogP contribution < -0.4 is 11.1 Å². The lowest BCUT2D eigenvalue weighted by Crippen LogP contribution is -2.33. The van der Waals surface area contributed by atoms with Gasteiger partial charge in [0.25, 0.3) is 0 Å². The van der Waals surface area contributed by atoms with E-state index >= 15 is 0 Å². The second-order valence-corrected chi connectivity index (χ2v) is 6.08. The summed E-state index contributed by atoms with van der Waals surface area (Å²) in [6.45, 7) is 0.788. The zero-order valence-corrected chi connectivity index (χ0v) is 11.3. The highest BCUT2D eigenvalue weighted by molar-refractivity contribution is 7.99. The van der Waals surface area contributed by atoms with Crippen LogP contribution in [-0.4, -0.2) is 23.5 Å². The van der Waals surface area contributed by atoms with Crippen molar-refractivity contribution < 1.29 is 4.79 Å². The quantitative estimate of drug-likeness (QED) is 0.820. The van der Waals surface area contributed by atoms with E-state index in [9.17, 15) is 4.79 Å². The van der Waals surface area contributed by atoms with Crippen molar-refractivity contribution in [3.8, 4) is 0 Å². The molecule has 1 saturated heterocycles. The van der Waals surface area contributed by atoms with Gasteiger partial charge in [-0.1, -0.05) is 24.6 Å². The summed E-state index contributed by atoms with van der Waals surface area (Å²) in [5.74, 6) is 1.30. The molecule has 1 unspecified atom stereocenters. The highest BCUT2D eigenvalue weighted by Gasteiger charge is 2.15. The molecule has 3 N–H and O–H groups in total. The zero-order valence-electron chi connectivity index (χ0n) is 10.5. The first-order chi connectivity index (χ1) is 8.75. The molecular weight excluding hydrogens is 244 g/mol. The second-order valence-electron chi connectivity index (χ2n) is 4.67. The molecule has 1 heterocycles. The van der Waals surface area contributed by atoms with E-state index in [2.05, 4.69) is 5.32 Å². The van der Waals surface area contributed by atoms with E-state index in [-0.39, 0.29) is 5.91 Å². The van der Waals surface area contributed by atoms with Crippen molar-refractivity contribution in [2.75, 3.05) is 18.0 Å². The first kappa shape index (κ1) is 13.3. The summed E-state index contributed by atoms with van der Waals surface area (Å²) in [6.07, 6.45) is 4.21. The minimum Gasteiger partial charge on any atom is -0.398 e. The van der Waals surface area contributed by atoms with Crippen molar-refractivity contribution in [2.45, 2.75) is 30.9 Å². The van der Waals surface area contributed by atoms with Gasteiger partial charge in [-0.15, -0.1) is 0 Å². The summed E-state index contributed by atoms with van der Waals surface area (Å²) in [6, 6.07) is 7.54. The van der Waals surface area contributed by atoms with Gasteiger partial charge in [0.1, 0.15) is 0 Å². The number of amides is 1. The van der Waals surface area contributed by atoms with Crippen LogP contribution in [0.1, 0.15) is 24.8 Å². The zero-order chi connectivity index (χ0) is 12.8. The molecule has 3 nitrogen and oxygen atoms in total. The number of nitrogens with two attached hydrogens (primary N) is 1. The van der Waals surface area contributed by atoms with Crippen molar-refractivity contribution in [1.82, 2.24) is 5.32 Å². The second kappa shape index (κ2) is 6.69. The van der Waals surface area contributed by atoms with E-state index in [1.807, 2.05) is 36.0 Å². The Labute approximate surface area is 113 Å².